The van der Waals surface area contributed by atoms with Crippen molar-refractivity contribution in [3.8, 4) is 62.8 Å². The lowest BCUT2D eigenvalue weighted by Gasteiger charge is -2.23. The number of hydrogen-bond acceptors (Lipinski definition) is 11. The van der Waals surface area contributed by atoms with E-state index in [2.05, 4.69) is 298 Å². The van der Waals surface area contributed by atoms with Crippen LogP contribution in [0.5, 0.6) is 17.2 Å². The number of anilines is 1. The van der Waals surface area contributed by atoms with Crippen LogP contribution >= 0.6 is 0 Å². The molecule has 21 aromatic rings. The zero-order valence-electron chi connectivity index (χ0n) is 69.9. The minimum absolute atomic E-state index is 0.0289. The van der Waals surface area contributed by atoms with Gasteiger partial charge in [0.15, 0.2) is 22.1 Å². The van der Waals surface area contributed by atoms with E-state index in [4.69, 9.17) is 49.8 Å². The lowest BCUT2D eigenvalue weighted by molar-refractivity contribution is -0.720. The fourth-order valence-electron chi connectivity index (χ4n) is 16.8. The quantitative estimate of drug-likeness (QED) is 0.106. The SMILES string of the molecule is COc1cc(-c2nc3cc4ccccc4cc3n[n+]2C)c(C)c2ccccc12.Cc1c(-c2nc3cc4ccccc4cc3n[n+]2C)cc(C(C)(C)C)c2ccccc12.Cc1c(-c2nc3cc4ccccc4cc3n[n+]2C)cc(N(C)C)c2ccccc12.Cc1c(-c2nc3cc4ccccc4cc3n[n+]2C)cc(Oc2ccccc2)c2ccccc12. The van der Waals surface area contributed by atoms with E-state index in [-0.39, 0.29) is 5.41 Å². The Morgan fingerprint density at radius 2 is 0.533 bits per heavy atom. The van der Waals surface area contributed by atoms with E-state index >= 15 is 0 Å². The van der Waals surface area contributed by atoms with Crippen LogP contribution in [0.1, 0.15) is 48.6 Å². The molecule has 0 saturated heterocycles. The summed E-state index contributed by atoms with van der Waals surface area (Å²) in [5, 5.41) is 38.3. The predicted octanol–water partition coefficient (Wildman–Crippen LogP) is 22.1. The zero-order chi connectivity index (χ0) is 82.8. The van der Waals surface area contributed by atoms with Crippen molar-refractivity contribution in [2.45, 2.75) is 53.9 Å². The van der Waals surface area contributed by atoms with Crippen LogP contribution in [-0.2, 0) is 33.6 Å². The second-order valence-corrected chi connectivity index (χ2v) is 32.2. The third-order valence-corrected chi connectivity index (χ3v) is 23.1. The number of aromatic nitrogens is 12. The van der Waals surface area contributed by atoms with Crippen LogP contribution in [-0.4, -0.2) is 61.5 Å². The molecule has 0 atom stereocenters. The van der Waals surface area contributed by atoms with E-state index in [1.807, 2.05) is 114 Å². The lowest BCUT2D eigenvalue weighted by atomic mass is 9.81. The molecule has 0 fully saturated rings. The highest BCUT2D eigenvalue weighted by Crippen LogP contribution is 2.42. The molecular formula is C105H91N13O2+4. The zero-order valence-corrected chi connectivity index (χ0v) is 69.9. The first-order valence-electron chi connectivity index (χ1n) is 40.5. The highest BCUT2D eigenvalue weighted by Gasteiger charge is 2.30. The minimum atomic E-state index is 0.0289. The third kappa shape index (κ3) is 14.5. The summed E-state index contributed by atoms with van der Waals surface area (Å²) in [5.41, 5.74) is 18.8. The molecule has 15 heteroatoms. The number of ether oxygens (including phenoxy) is 2. The number of rotatable bonds is 8. The number of para-hydroxylation sites is 1. The van der Waals surface area contributed by atoms with E-state index < -0.39 is 0 Å². The Kier molecular flexibility index (Phi) is 20.0. The van der Waals surface area contributed by atoms with Gasteiger partial charge in [-0.25, -0.2) is 0 Å². The highest BCUT2D eigenvalue weighted by atomic mass is 16.5. The summed E-state index contributed by atoms with van der Waals surface area (Å²) in [6, 6.07) is 103. The van der Waals surface area contributed by atoms with Gasteiger partial charge in [0.2, 0.25) is 22.1 Å². The second kappa shape index (κ2) is 31.4. The summed E-state index contributed by atoms with van der Waals surface area (Å²) in [5.74, 6) is 5.85. The van der Waals surface area contributed by atoms with Crippen LogP contribution in [0.25, 0.3) is 176 Å². The molecule has 0 aliphatic rings. The maximum absolute atomic E-state index is 6.34. The Balaban J connectivity index is 0.000000110. The van der Waals surface area contributed by atoms with Gasteiger partial charge in [-0.05, 0) is 236 Å². The average Bonchev–Trinajstić information content (AvgIpc) is 0.772. The molecule has 120 heavy (non-hydrogen) atoms. The molecule has 4 heterocycles. The van der Waals surface area contributed by atoms with E-state index in [9.17, 15) is 0 Å². The van der Waals surface area contributed by atoms with Crippen LogP contribution in [0.2, 0.25) is 0 Å². The van der Waals surface area contributed by atoms with E-state index in [0.717, 1.165) is 150 Å². The average molecular weight is 1570 g/mol. The standard InChI is InChI=1S/C29H22N3O.C27H26N3.C25H23N4.C24H20N3O/c1-19-23-14-8-9-15-24(23)28(33-22-12-4-3-5-13-22)18-25(19)29-30-26-16-20-10-6-7-11-21(20)17-27(26)31-32(29)2;1-17-20-12-8-9-13-21(20)23(27(2,3)4)16-22(17)26-28-24-14-18-10-6-7-11-19(18)15-25(24)29-30(26)5;1-16-19-11-7-8-12-20(19)24(28(2)3)15-21(16)25-26-22-13-17-9-5-6-10-18(17)14-23(22)27-29(25)4;1-15-18-10-6-7-11-19(18)23(28-3)14-20(15)24-25-21-12-16-8-4-5-9-17(16)13-22(21)26-27(24)2/h3-18H,1-2H3;6-16H,1-5H3;5-15H,1-4H3;4-14H,1-3H3/q4*+1. The minimum Gasteiger partial charge on any atom is -0.496 e. The van der Waals surface area contributed by atoms with E-state index in [1.165, 1.54) is 76.4 Å². The summed E-state index contributed by atoms with van der Waals surface area (Å²) in [7, 11) is 13.7. The van der Waals surface area contributed by atoms with Crippen LogP contribution < -0.4 is 33.1 Å². The van der Waals surface area contributed by atoms with Crippen molar-refractivity contribution < 1.29 is 28.2 Å². The number of aryl methyl sites for hydroxylation is 8. The number of benzene rings is 17. The van der Waals surface area contributed by atoms with Gasteiger partial charge in [0, 0.05) is 35.9 Å². The van der Waals surface area contributed by atoms with Crippen molar-refractivity contribution in [3.05, 3.63) is 325 Å². The molecule has 584 valence electrons. The number of hydrogen-bond donors (Lipinski definition) is 0. The normalized spacial score (nSPS) is 11.6. The molecule has 0 N–H and O–H groups in total. The second-order valence-electron chi connectivity index (χ2n) is 32.2. The van der Waals surface area contributed by atoms with Gasteiger partial charge < -0.3 is 14.4 Å². The predicted molar refractivity (Wildman–Crippen MR) is 490 cm³/mol. The van der Waals surface area contributed by atoms with Crippen LogP contribution in [0.15, 0.2) is 297 Å². The molecule has 0 radical (unpaired) electrons. The highest BCUT2D eigenvalue weighted by molar-refractivity contribution is 6.04. The maximum atomic E-state index is 6.34. The van der Waals surface area contributed by atoms with Crippen molar-refractivity contribution >= 4 is 136 Å². The van der Waals surface area contributed by atoms with Crippen molar-refractivity contribution in [1.82, 2.24) is 40.3 Å². The van der Waals surface area contributed by atoms with Gasteiger partial charge in [0.25, 0.3) is 0 Å². The molecule has 4 aromatic heterocycles. The summed E-state index contributed by atoms with van der Waals surface area (Å²) in [6.45, 7) is 15.4. The summed E-state index contributed by atoms with van der Waals surface area (Å²) < 4.78 is 19.5. The lowest BCUT2D eigenvalue weighted by Crippen LogP contribution is -2.37. The smallest absolute Gasteiger partial charge is 0.351 e. The fourth-order valence-corrected chi connectivity index (χ4v) is 16.8. The Morgan fingerprint density at radius 1 is 0.275 bits per heavy atom. The van der Waals surface area contributed by atoms with Gasteiger partial charge in [0.05, 0.1) is 29.4 Å². The van der Waals surface area contributed by atoms with Crippen molar-refractivity contribution in [2.24, 2.45) is 28.2 Å². The van der Waals surface area contributed by atoms with Gasteiger partial charge in [0.1, 0.15) is 45.4 Å². The van der Waals surface area contributed by atoms with Crippen molar-refractivity contribution in [3.63, 3.8) is 0 Å². The molecule has 0 aliphatic heterocycles. The molecular weight excluding hydrogens is 1480 g/mol. The van der Waals surface area contributed by atoms with Crippen molar-refractivity contribution in [1.29, 1.82) is 0 Å². The third-order valence-electron chi connectivity index (χ3n) is 23.1. The summed E-state index contributed by atoms with van der Waals surface area (Å²) in [4.78, 5) is 22.3. The molecule has 15 nitrogen and oxygen atoms in total. The Labute approximate surface area is 696 Å². The van der Waals surface area contributed by atoms with E-state index in [0.29, 0.717) is 0 Å². The summed E-state index contributed by atoms with van der Waals surface area (Å²) >= 11 is 0. The molecule has 0 bridgehead atoms. The van der Waals surface area contributed by atoms with Gasteiger partial charge in [-0.15, -0.1) is 18.7 Å². The number of fused-ring (bicyclic) bond motifs is 12. The molecule has 0 amide bonds. The maximum Gasteiger partial charge on any atom is 0.351 e. The van der Waals surface area contributed by atoms with Crippen LogP contribution in [0.3, 0.4) is 0 Å². The molecule has 0 saturated carbocycles. The largest absolute Gasteiger partial charge is 0.496 e. The first kappa shape index (κ1) is 76.6. The van der Waals surface area contributed by atoms with Gasteiger partial charge in [-0.3, -0.25) is 0 Å². The Bertz CT molecular complexity index is 7700. The number of methoxy groups -OCH3 is 1. The molecule has 0 aliphatic carbocycles. The summed E-state index contributed by atoms with van der Waals surface area (Å²) in [6.07, 6.45) is 0. The van der Waals surface area contributed by atoms with Gasteiger partial charge in [-0.2, -0.15) is 0 Å². The Hall–Kier alpha value is -14.7. The van der Waals surface area contributed by atoms with Crippen molar-refractivity contribution in [2.75, 3.05) is 26.1 Å². The van der Waals surface area contributed by atoms with Crippen LogP contribution in [0, 0.1) is 27.7 Å². The Morgan fingerprint density at radius 3 is 0.867 bits per heavy atom. The molecule has 21 rings (SSSR count). The topological polar surface area (TPSA) is 140 Å². The molecule has 17 aromatic carbocycles. The number of nitrogens with zero attached hydrogens (tertiary/aromatic N) is 13. The molecule has 0 spiro atoms. The molecule has 0 unspecified atom stereocenters. The fraction of sp³-hybridized carbons (Fsp3) is 0.143. The monoisotopic (exact) mass is 1570 g/mol. The van der Waals surface area contributed by atoms with E-state index in [1.54, 1.807) is 7.11 Å². The van der Waals surface area contributed by atoms with Crippen LogP contribution in [0.4, 0.5) is 5.69 Å². The first-order chi connectivity index (χ1) is 58.2. The van der Waals surface area contributed by atoms with Gasteiger partial charge in [-0.1, -0.05) is 253 Å². The first-order valence-corrected chi connectivity index (χ1v) is 40.5. The van der Waals surface area contributed by atoms with Gasteiger partial charge >= 0.3 is 23.3 Å².